The normalized spacial score (nSPS) is 11.8. The number of rotatable bonds is 8. The molecule has 0 spiro atoms. The molecule has 2 aromatic heterocycles. The van der Waals surface area contributed by atoms with Crippen molar-refractivity contribution in [2.75, 3.05) is 44.6 Å². The van der Waals surface area contributed by atoms with Crippen LogP contribution < -0.4 is 15.9 Å². The van der Waals surface area contributed by atoms with Crippen LogP contribution in [0.5, 0.6) is 0 Å². The summed E-state index contributed by atoms with van der Waals surface area (Å²) in [5.74, 6) is 0.825. The highest BCUT2D eigenvalue weighted by Gasteiger charge is 2.17. The van der Waals surface area contributed by atoms with Gasteiger partial charge >= 0.3 is 0 Å². The molecule has 0 fully saturated rings. The summed E-state index contributed by atoms with van der Waals surface area (Å²) < 4.78 is 14.6. The molecule has 8 nitrogen and oxygen atoms in total. The molecular weight excluding hydrogens is 457 g/mol. The summed E-state index contributed by atoms with van der Waals surface area (Å²) >= 11 is 6.35. The van der Waals surface area contributed by atoms with Gasteiger partial charge in [0.05, 0.1) is 23.9 Å². The number of anilines is 4. The van der Waals surface area contributed by atoms with Crippen LogP contribution in [0.25, 0.3) is 10.9 Å². The number of fused-ring (bicyclic) bond motifs is 1. The summed E-state index contributed by atoms with van der Waals surface area (Å²) in [5.41, 5.74) is 2.42. The van der Waals surface area contributed by atoms with E-state index < -0.39 is 7.14 Å². The van der Waals surface area contributed by atoms with E-state index in [-0.39, 0.29) is 0 Å². The van der Waals surface area contributed by atoms with E-state index in [4.69, 9.17) is 11.6 Å². The number of benzene rings is 2. The Kier molecular flexibility index (Phi) is 6.70. The van der Waals surface area contributed by atoms with Gasteiger partial charge < -0.3 is 20.1 Å². The largest absolute Gasteiger partial charge is 0.338 e. The summed E-state index contributed by atoms with van der Waals surface area (Å²) in [6.07, 6.45) is 3.58. The zero-order chi connectivity index (χ0) is 23.6. The van der Waals surface area contributed by atoms with E-state index in [1.54, 1.807) is 13.3 Å². The molecule has 172 valence electrons. The lowest BCUT2D eigenvalue weighted by Gasteiger charge is -2.15. The second kappa shape index (κ2) is 9.51. The Hall–Kier alpha value is -2.93. The minimum Gasteiger partial charge on any atom is -0.338 e. The Morgan fingerprint density at radius 1 is 1.12 bits per heavy atom. The Morgan fingerprint density at radius 2 is 1.91 bits per heavy atom. The average molecular weight is 484 g/mol. The SMILES string of the molecule is CN(C)CCn1cc2ccc(Nc3ncc(Cl)c(Nc4ccccc4P(C)(C)=O)n3)cc2n1. The van der Waals surface area contributed by atoms with Crippen molar-refractivity contribution in [3.8, 4) is 0 Å². The number of para-hydroxylation sites is 1. The quantitative estimate of drug-likeness (QED) is 0.349. The highest BCUT2D eigenvalue weighted by atomic mass is 35.5. The van der Waals surface area contributed by atoms with Crippen LogP contribution in [0.1, 0.15) is 0 Å². The molecule has 4 aromatic rings. The molecule has 2 N–H and O–H groups in total. The first-order valence-electron chi connectivity index (χ1n) is 10.5. The molecule has 4 rings (SSSR count). The summed E-state index contributed by atoms with van der Waals surface area (Å²) in [5, 5.41) is 13.3. The van der Waals surface area contributed by atoms with E-state index in [0.29, 0.717) is 22.5 Å². The molecule has 0 saturated carbocycles. The van der Waals surface area contributed by atoms with Gasteiger partial charge in [-0.2, -0.15) is 10.1 Å². The fourth-order valence-corrected chi connectivity index (χ4v) is 4.68. The molecule has 0 radical (unpaired) electrons. The van der Waals surface area contributed by atoms with Crippen molar-refractivity contribution in [2.45, 2.75) is 6.54 Å². The van der Waals surface area contributed by atoms with Crippen LogP contribution in [0.2, 0.25) is 5.02 Å². The van der Waals surface area contributed by atoms with Crippen LogP contribution >= 0.6 is 18.7 Å². The highest BCUT2D eigenvalue weighted by molar-refractivity contribution is 7.70. The van der Waals surface area contributed by atoms with Gasteiger partial charge in [0.25, 0.3) is 0 Å². The van der Waals surface area contributed by atoms with Gasteiger partial charge in [-0.25, -0.2) is 4.98 Å². The predicted octanol–water partition coefficient (Wildman–Crippen LogP) is 4.78. The van der Waals surface area contributed by atoms with E-state index in [0.717, 1.165) is 35.0 Å². The van der Waals surface area contributed by atoms with Crippen molar-refractivity contribution in [3.05, 3.63) is 59.9 Å². The van der Waals surface area contributed by atoms with Crippen LogP contribution in [0, 0.1) is 0 Å². The molecule has 33 heavy (non-hydrogen) atoms. The monoisotopic (exact) mass is 483 g/mol. The van der Waals surface area contributed by atoms with Crippen molar-refractivity contribution in [2.24, 2.45) is 0 Å². The average Bonchev–Trinajstić information content (AvgIpc) is 3.16. The molecule has 0 unspecified atom stereocenters. The van der Waals surface area contributed by atoms with E-state index >= 15 is 0 Å². The summed E-state index contributed by atoms with van der Waals surface area (Å²) in [7, 11) is 1.60. The van der Waals surface area contributed by atoms with Gasteiger partial charge in [0.1, 0.15) is 12.2 Å². The van der Waals surface area contributed by atoms with Crippen molar-refractivity contribution in [1.29, 1.82) is 0 Å². The van der Waals surface area contributed by atoms with E-state index in [1.807, 2.05) is 67.4 Å². The number of likely N-dealkylation sites (N-methyl/N-ethyl adjacent to an activating group) is 1. The number of hydrogen-bond acceptors (Lipinski definition) is 7. The maximum atomic E-state index is 12.7. The van der Waals surface area contributed by atoms with Crippen molar-refractivity contribution in [1.82, 2.24) is 24.6 Å². The van der Waals surface area contributed by atoms with Gasteiger partial charge in [0, 0.05) is 29.1 Å². The van der Waals surface area contributed by atoms with Crippen LogP contribution in [-0.2, 0) is 11.1 Å². The Labute approximate surface area is 198 Å². The van der Waals surface area contributed by atoms with Crippen molar-refractivity contribution < 1.29 is 4.57 Å². The molecule has 0 aliphatic rings. The molecule has 0 atom stereocenters. The van der Waals surface area contributed by atoms with Gasteiger partial charge in [-0.1, -0.05) is 23.7 Å². The first kappa shape index (κ1) is 23.2. The molecule has 10 heteroatoms. The Bertz CT molecular complexity index is 1330. The van der Waals surface area contributed by atoms with Gasteiger partial charge in [0.2, 0.25) is 5.95 Å². The predicted molar refractivity (Wildman–Crippen MR) is 137 cm³/mol. The standard InChI is InChI=1S/C23H27ClN7OP/c1-30(2)11-12-31-15-16-9-10-17(13-20(16)29-31)26-23-25-14-18(24)22(28-23)27-19-7-5-6-8-21(19)33(3,4)32/h5-10,13-15H,11-12H2,1-4H3,(H2,25,26,27,28). The van der Waals surface area contributed by atoms with Gasteiger partial charge in [0.15, 0.2) is 5.82 Å². The van der Waals surface area contributed by atoms with Gasteiger partial charge in [-0.3, -0.25) is 4.68 Å². The first-order valence-corrected chi connectivity index (χ1v) is 13.5. The number of halogens is 1. The second-order valence-corrected chi connectivity index (χ2v) is 12.1. The fourth-order valence-electron chi connectivity index (χ4n) is 3.38. The van der Waals surface area contributed by atoms with Crippen LogP contribution in [0.15, 0.2) is 54.9 Å². The Balaban J connectivity index is 1.56. The van der Waals surface area contributed by atoms with Crippen LogP contribution in [-0.4, -0.2) is 58.6 Å². The number of nitrogens with zero attached hydrogens (tertiary/aromatic N) is 5. The molecule has 0 aliphatic carbocycles. The lowest BCUT2D eigenvalue weighted by atomic mass is 10.2. The summed E-state index contributed by atoms with van der Waals surface area (Å²) in [6, 6.07) is 13.4. The van der Waals surface area contributed by atoms with Gasteiger partial charge in [-0.05, 0) is 57.8 Å². The van der Waals surface area contributed by atoms with Gasteiger partial charge in [-0.15, -0.1) is 0 Å². The molecule has 0 saturated heterocycles. The van der Waals surface area contributed by atoms with E-state index in [1.165, 1.54) is 6.20 Å². The fraction of sp³-hybridized carbons (Fsp3) is 0.261. The second-order valence-electron chi connectivity index (χ2n) is 8.48. The lowest BCUT2D eigenvalue weighted by Crippen LogP contribution is -2.18. The number of aromatic nitrogens is 4. The maximum absolute atomic E-state index is 12.7. The third-order valence-electron chi connectivity index (χ3n) is 5.07. The molecular formula is C23H27ClN7OP. The van der Waals surface area contributed by atoms with E-state index in [2.05, 4.69) is 30.6 Å². The summed E-state index contributed by atoms with van der Waals surface area (Å²) in [6.45, 7) is 5.21. The van der Waals surface area contributed by atoms with Crippen LogP contribution in [0.4, 0.5) is 23.1 Å². The third kappa shape index (κ3) is 5.71. The first-order chi connectivity index (χ1) is 15.7. The highest BCUT2D eigenvalue weighted by Crippen LogP contribution is 2.38. The minimum atomic E-state index is -2.48. The zero-order valence-electron chi connectivity index (χ0n) is 19.1. The van der Waals surface area contributed by atoms with Crippen molar-refractivity contribution in [3.63, 3.8) is 0 Å². The van der Waals surface area contributed by atoms with E-state index in [9.17, 15) is 4.57 Å². The minimum absolute atomic E-state index is 0.368. The molecule has 0 aliphatic heterocycles. The van der Waals surface area contributed by atoms with Crippen LogP contribution in [0.3, 0.4) is 0 Å². The maximum Gasteiger partial charge on any atom is 0.229 e. The smallest absolute Gasteiger partial charge is 0.229 e. The lowest BCUT2D eigenvalue weighted by molar-refractivity contribution is 0.374. The van der Waals surface area contributed by atoms with Crippen molar-refractivity contribution >= 4 is 58.1 Å². The zero-order valence-corrected chi connectivity index (χ0v) is 20.7. The molecule has 0 amide bonds. The molecule has 0 bridgehead atoms. The summed E-state index contributed by atoms with van der Waals surface area (Å²) in [4.78, 5) is 11.0. The molecule has 2 aromatic carbocycles. The molecule has 2 heterocycles. The number of hydrogen-bond donors (Lipinski definition) is 2. The third-order valence-corrected chi connectivity index (χ3v) is 6.90. The topological polar surface area (TPSA) is 88.0 Å². The number of nitrogens with one attached hydrogen (secondary N) is 2. The Morgan fingerprint density at radius 3 is 2.67 bits per heavy atom.